The SMILES string of the molecule is CC(C)c1cc([C@H]2CCCN2C(=O)c2cc(-c3ccc(Br)cc3)on2)on1. The van der Waals surface area contributed by atoms with Gasteiger partial charge in [0.15, 0.2) is 17.2 Å². The van der Waals surface area contributed by atoms with E-state index in [1.165, 1.54) is 0 Å². The van der Waals surface area contributed by atoms with E-state index in [2.05, 4.69) is 40.1 Å². The van der Waals surface area contributed by atoms with Gasteiger partial charge in [-0.2, -0.15) is 0 Å². The molecule has 0 spiro atoms. The summed E-state index contributed by atoms with van der Waals surface area (Å²) in [6.07, 6.45) is 1.78. The summed E-state index contributed by atoms with van der Waals surface area (Å²) in [5.41, 5.74) is 2.09. The highest BCUT2D eigenvalue weighted by Gasteiger charge is 2.34. The zero-order valence-electron chi connectivity index (χ0n) is 15.2. The van der Waals surface area contributed by atoms with E-state index < -0.39 is 0 Å². The molecule has 3 heterocycles. The number of likely N-dealkylation sites (tertiary alicyclic amines) is 1. The maximum absolute atomic E-state index is 13.0. The van der Waals surface area contributed by atoms with Crippen LogP contribution in [0.15, 0.2) is 49.9 Å². The van der Waals surface area contributed by atoms with Gasteiger partial charge in [-0.1, -0.05) is 52.2 Å². The number of nitrogens with zero attached hydrogens (tertiary/aromatic N) is 3. The summed E-state index contributed by atoms with van der Waals surface area (Å²) in [5, 5.41) is 8.12. The van der Waals surface area contributed by atoms with Crippen molar-refractivity contribution in [2.45, 2.75) is 38.6 Å². The summed E-state index contributed by atoms with van der Waals surface area (Å²) in [6, 6.07) is 11.2. The van der Waals surface area contributed by atoms with Crippen LogP contribution in [0.25, 0.3) is 11.3 Å². The zero-order valence-corrected chi connectivity index (χ0v) is 16.8. The third kappa shape index (κ3) is 3.56. The van der Waals surface area contributed by atoms with Gasteiger partial charge in [-0.3, -0.25) is 4.79 Å². The number of carbonyl (C=O) groups excluding carboxylic acids is 1. The van der Waals surface area contributed by atoms with Gasteiger partial charge in [0.2, 0.25) is 0 Å². The Bertz CT molecular complexity index is 946. The number of hydrogen-bond acceptors (Lipinski definition) is 5. The molecule has 1 saturated heterocycles. The molecule has 1 aliphatic heterocycles. The van der Waals surface area contributed by atoms with Crippen molar-refractivity contribution in [3.8, 4) is 11.3 Å². The summed E-state index contributed by atoms with van der Waals surface area (Å²) < 4.78 is 11.9. The van der Waals surface area contributed by atoms with Crippen molar-refractivity contribution in [3.05, 3.63) is 58.0 Å². The molecule has 0 bridgehead atoms. The molecule has 0 saturated carbocycles. The Balaban J connectivity index is 1.55. The third-order valence-electron chi connectivity index (χ3n) is 4.84. The first-order chi connectivity index (χ1) is 13.0. The van der Waals surface area contributed by atoms with Gasteiger partial charge >= 0.3 is 0 Å². The Morgan fingerprint density at radius 3 is 2.67 bits per heavy atom. The number of hydrogen-bond donors (Lipinski definition) is 0. The summed E-state index contributed by atoms with van der Waals surface area (Å²) in [6.45, 7) is 4.80. The molecule has 140 valence electrons. The molecule has 0 unspecified atom stereocenters. The Morgan fingerprint density at radius 1 is 1.19 bits per heavy atom. The first kappa shape index (κ1) is 18.0. The molecule has 7 heteroatoms. The van der Waals surface area contributed by atoms with Gasteiger partial charge in [0.25, 0.3) is 5.91 Å². The molecule has 1 amide bonds. The van der Waals surface area contributed by atoms with Crippen molar-refractivity contribution >= 4 is 21.8 Å². The standard InChI is InChI=1S/C20H20BrN3O3/c1-12(2)15-10-19(27-22-15)17-4-3-9-24(17)20(25)16-11-18(26-23-16)13-5-7-14(21)8-6-13/h5-8,10-12,17H,3-4,9H2,1-2H3/t17-/m1/s1. The Labute approximate surface area is 165 Å². The van der Waals surface area contributed by atoms with Crippen LogP contribution in [0.3, 0.4) is 0 Å². The maximum Gasteiger partial charge on any atom is 0.276 e. The molecule has 3 aromatic rings. The summed E-state index contributed by atoms with van der Waals surface area (Å²) in [5.74, 6) is 1.45. The maximum atomic E-state index is 13.0. The number of carbonyl (C=O) groups is 1. The van der Waals surface area contributed by atoms with Crippen LogP contribution in [0.2, 0.25) is 0 Å². The second-order valence-corrected chi connectivity index (χ2v) is 7.96. The third-order valence-corrected chi connectivity index (χ3v) is 5.37. The van der Waals surface area contributed by atoms with E-state index >= 15 is 0 Å². The van der Waals surface area contributed by atoms with Gasteiger partial charge in [-0.05, 0) is 30.9 Å². The first-order valence-electron chi connectivity index (χ1n) is 9.03. The minimum absolute atomic E-state index is 0.106. The zero-order chi connectivity index (χ0) is 19.0. The van der Waals surface area contributed by atoms with E-state index in [-0.39, 0.29) is 17.9 Å². The molecule has 0 N–H and O–H groups in total. The van der Waals surface area contributed by atoms with E-state index in [9.17, 15) is 4.79 Å². The van der Waals surface area contributed by atoms with Crippen molar-refractivity contribution in [1.29, 1.82) is 0 Å². The molecular formula is C20H20BrN3O3. The molecule has 0 aliphatic carbocycles. The lowest BCUT2D eigenvalue weighted by molar-refractivity contribution is 0.0704. The van der Waals surface area contributed by atoms with E-state index in [0.29, 0.717) is 18.0 Å². The molecule has 6 nitrogen and oxygen atoms in total. The molecular weight excluding hydrogens is 410 g/mol. The largest absolute Gasteiger partial charge is 0.359 e. The van der Waals surface area contributed by atoms with Gasteiger partial charge in [-0.25, -0.2) is 0 Å². The number of rotatable bonds is 4. The van der Waals surface area contributed by atoms with Gasteiger partial charge < -0.3 is 13.9 Å². The van der Waals surface area contributed by atoms with E-state index in [1.807, 2.05) is 30.3 Å². The summed E-state index contributed by atoms with van der Waals surface area (Å²) >= 11 is 3.41. The molecule has 1 aromatic carbocycles. The average molecular weight is 430 g/mol. The molecule has 1 fully saturated rings. The fourth-order valence-electron chi connectivity index (χ4n) is 3.31. The lowest BCUT2D eigenvalue weighted by atomic mass is 10.1. The van der Waals surface area contributed by atoms with Gasteiger partial charge in [0.05, 0.1) is 11.7 Å². The molecule has 1 atom stereocenters. The van der Waals surface area contributed by atoms with Crippen LogP contribution in [0, 0.1) is 0 Å². The monoisotopic (exact) mass is 429 g/mol. The summed E-state index contributed by atoms with van der Waals surface area (Å²) in [4.78, 5) is 14.8. The molecule has 27 heavy (non-hydrogen) atoms. The molecule has 2 aromatic heterocycles. The van der Waals surface area contributed by atoms with Crippen molar-refractivity contribution in [3.63, 3.8) is 0 Å². The normalized spacial score (nSPS) is 17.0. The highest BCUT2D eigenvalue weighted by molar-refractivity contribution is 9.10. The lowest BCUT2D eigenvalue weighted by Crippen LogP contribution is -2.30. The first-order valence-corrected chi connectivity index (χ1v) is 9.82. The second-order valence-electron chi connectivity index (χ2n) is 7.05. The predicted octanol–water partition coefficient (Wildman–Crippen LogP) is 5.19. The smallest absolute Gasteiger partial charge is 0.276 e. The van der Waals surface area contributed by atoms with Crippen molar-refractivity contribution in [1.82, 2.24) is 15.2 Å². The Morgan fingerprint density at radius 2 is 1.96 bits per heavy atom. The van der Waals surface area contributed by atoms with E-state index in [4.69, 9.17) is 9.05 Å². The van der Waals surface area contributed by atoms with Crippen LogP contribution in [0.1, 0.15) is 60.6 Å². The fourth-order valence-corrected chi connectivity index (χ4v) is 3.58. The quantitative estimate of drug-likeness (QED) is 0.570. The Hall–Kier alpha value is -2.41. The van der Waals surface area contributed by atoms with Crippen LogP contribution in [-0.4, -0.2) is 27.7 Å². The van der Waals surface area contributed by atoms with Crippen molar-refractivity contribution in [2.75, 3.05) is 6.54 Å². The molecule has 4 rings (SSSR count). The molecule has 0 radical (unpaired) electrons. The van der Waals surface area contributed by atoms with Crippen LogP contribution < -0.4 is 0 Å². The molecule has 1 aliphatic rings. The van der Waals surface area contributed by atoms with Crippen LogP contribution in [0.5, 0.6) is 0 Å². The number of halogens is 1. The van der Waals surface area contributed by atoms with E-state index in [0.717, 1.165) is 34.3 Å². The fraction of sp³-hybridized carbons (Fsp3) is 0.350. The van der Waals surface area contributed by atoms with Crippen LogP contribution >= 0.6 is 15.9 Å². The van der Waals surface area contributed by atoms with Crippen LogP contribution in [0.4, 0.5) is 0 Å². The van der Waals surface area contributed by atoms with Gasteiger partial charge in [0.1, 0.15) is 0 Å². The van der Waals surface area contributed by atoms with Crippen molar-refractivity contribution in [2.24, 2.45) is 0 Å². The van der Waals surface area contributed by atoms with Gasteiger partial charge in [-0.15, -0.1) is 0 Å². The number of aromatic nitrogens is 2. The topological polar surface area (TPSA) is 72.4 Å². The average Bonchev–Trinajstić information content (AvgIpc) is 3.40. The minimum Gasteiger partial charge on any atom is -0.359 e. The lowest BCUT2D eigenvalue weighted by Gasteiger charge is -2.21. The van der Waals surface area contributed by atoms with Crippen LogP contribution in [-0.2, 0) is 0 Å². The highest BCUT2D eigenvalue weighted by atomic mass is 79.9. The highest BCUT2D eigenvalue weighted by Crippen LogP contribution is 2.34. The second kappa shape index (κ2) is 7.31. The Kier molecular flexibility index (Phi) is 4.86. The van der Waals surface area contributed by atoms with E-state index in [1.54, 1.807) is 11.0 Å². The number of benzene rings is 1. The summed E-state index contributed by atoms with van der Waals surface area (Å²) in [7, 11) is 0. The van der Waals surface area contributed by atoms with Gasteiger partial charge in [0, 0.05) is 28.7 Å². The predicted molar refractivity (Wildman–Crippen MR) is 103 cm³/mol. The minimum atomic E-state index is -0.146. The van der Waals surface area contributed by atoms with Crippen molar-refractivity contribution < 1.29 is 13.8 Å². The number of amides is 1.